The third-order valence-electron chi connectivity index (χ3n) is 4.66. The van der Waals surface area contributed by atoms with Crippen LogP contribution in [0.2, 0.25) is 0 Å². The lowest BCUT2D eigenvalue weighted by Crippen LogP contribution is -2.14. The van der Waals surface area contributed by atoms with Gasteiger partial charge in [-0.1, -0.05) is 18.2 Å². The van der Waals surface area contributed by atoms with E-state index in [9.17, 15) is 4.79 Å². The molecule has 0 bridgehead atoms. The SMILES string of the molecule is Cc1c(-c2cccc(NC(=O)c3cccc(N(C)C)c3)c2)nc2ncccn12. The molecule has 2 aromatic carbocycles. The number of hydrogen-bond donors (Lipinski definition) is 1. The molecule has 6 nitrogen and oxygen atoms in total. The van der Waals surface area contributed by atoms with Crippen molar-refractivity contribution in [2.24, 2.45) is 0 Å². The Morgan fingerprint density at radius 1 is 1.07 bits per heavy atom. The lowest BCUT2D eigenvalue weighted by Gasteiger charge is -2.13. The molecule has 0 fully saturated rings. The molecule has 28 heavy (non-hydrogen) atoms. The fourth-order valence-electron chi connectivity index (χ4n) is 3.15. The van der Waals surface area contributed by atoms with Crippen LogP contribution in [-0.2, 0) is 0 Å². The molecule has 1 N–H and O–H groups in total. The number of aromatic nitrogens is 3. The van der Waals surface area contributed by atoms with Crippen LogP contribution in [0, 0.1) is 6.92 Å². The number of rotatable bonds is 4. The molecule has 0 aliphatic rings. The van der Waals surface area contributed by atoms with Gasteiger partial charge in [0.2, 0.25) is 5.78 Å². The van der Waals surface area contributed by atoms with Gasteiger partial charge in [-0.15, -0.1) is 0 Å². The van der Waals surface area contributed by atoms with Crippen molar-refractivity contribution in [3.05, 3.63) is 78.2 Å². The van der Waals surface area contributed by atoms with Gasteiger partial charge in [0, 0.05) is 54.7 Å². The first-order chi connectivity index (χ1) is 13.5. The standard InChI is InChI=1S/C22H21N5O/c1-15-20(25-22-23-11-6-12-27(15)22)16-7-4-9-18(13-16)24-21(28)17-8-5-10-19(14-17)26(2)3/h4-14H,1-3H3,(H,24,28). The summed E-state index contributed by atoms with van der Waals surface area (Å²) in [5, 5.41) is 2.98. The molecule has 0 atom stereocenters. The Morgan fingerprint density at radius 2 is 1.89 bits per heavy atom. The van der Waals surface area contributed by atoms with E-state index in [0.717, 1.165) is 28.3 Å². The monoisotopic (exact) mass is 371 g/mol. The van der Waals surface area contributed by atoms with E-state index in [1.165, 1.54) is 0 Å². The number of fused-ring (bicyclic) bond motifs is 1. The first-order valence-corrected chi connectivity index (χ1v) is 9.02. The topological polar surface area (TPSA) is 62.5 Å². The van der Waals surface area contributed by atoms with Crippen molar-refractivity contribution in [1.29, 1.82) is 0 Å². The van der Waals surface area contributed by atoms with E-state index >= 15 is 0 Å². The van der Waals surface area contributed by atoms with Gasteiger partial charge in [0.05, 0.1) is 5.69 Å². The van der Waals surface area contributed by atoms with Crippen LogP contribution in [0.4, 0.5) is 11.4 Å². The van der Waals surface area contributed by atoms with Crippen molar-refractivity contribution in [2.75, 3.05) is 24.3 Å². The lowest BCUT2D eigenvalue weighted by molar-refractivity contribution is 0.102. The highest BCUT2D eigenvalue weighted by Crippen LogP contribution is 2.26. The van der Waals surface area contributed by atoms with Gasteiger partial charge in [-0.05, 0) is 43.3 Å². The molecule has 2 aromatic heterocycles. The van der Waals surface area contributed by atoms with Crippen LogP contribution in [0.25, 0.3) is 17.0 Å². The zero-order valence-corrected chi connectivity index (χ0v) is 16.0. The smallest absolute Gasteiger partial charge is 0.255 e. The van der Waals surface area contributed by atoms with Gasteiger partial charge in [0.25, 0.3) is 5.91 Å². The number of nitrogens with zero attached hydrogens (tertiary/aromatic N) is 4. The van der Waals surface area contributed by atoms with Gasteiger partial charge in [-0.25, -0.2) is 9.97 Å². The summed E-state index contributed by atoms with van der Waals surface area (Å²) in [5.74, 6) is 0.513. The molecule has 0 saturated heterocycles. The van der Waals surface area contributed by atoms with Crippen LogP contribution < -0.4 is 10.2 Å². The number of aryl methyl sites for hydroxylation is 1. The molecule has 4 rings (SSSR count). The minimum Gasteiger partial charge on any atom is -0.378 e. The summed E-state index contributed by atoms with van der Waals surface area (Å²) in [7, 11) is 3.90. The molecule has 4 aromatic rings. The second-order valence-electron chi connectivity index (χ2n) is 6.82. The van der Waals surface area contributed by atoms with Crippen LogP contribution >= 0.6 is 0 Å². The van der Waals surface area contributed by atoms with E-state index in [4.69, 9.17) is 0 Å². The number of benzene rings is 2. The maximum atomic E-state index is 12.7. The summed E-state index contributed by atoms with van der Waals surface area (Å²) in [5.41, 5.74) is 5.11. The molecule has 0 unspecified atom stereocenters. The highest BCUT2D eigenvalue weighted by molar-refractivity contribution is 6.05. The van der Waals surface area contributed by atoms with Gasteiger partial charge in [-0.3, -0.25) is 9.20 Å². The molecular formula is C22H21N5O. The Hall–Kier alpha value is -3.67. The van der Waals surface area contributed by atoms with Crippen molar-refractivity contribution < 1.29 is 4.79 Å². The molecular weight excluding hydrogens is 350 g/mol. The van der Waals surface area contributed by atoms with E-state index in [0.29, 0.717) is 11.3 Å². The molecule has 0 aliphatic carbocycles. The first-order valence-electron chi connectivity index (χ1n) is 9.02. The summed E-state index contributed by atoms with van der Waals surface area (Å²) < 4.78 is 1.95. The number of amides is 1. The van der Waals surface area contributed by atoms with Crippen LogP contribution in [0.5, 0.6) is 0 Å². The van der Waals surface area contributed by atoms with Crippen LogP contribution in [0.15, 0.2) is 67.0 Å². The van der Waals surface area contributed by atoms with E-state index in [1.54, 1.807) is 6.20 Å². The predicted molar refractivity (Wildman–Crippen MR) is 112 cm³/mol. The molecule has 0 spiro atoms. The summed E-state index contributed by atoms with van der Waals surface area (Å²) in [6.45, 7) is 2.01. The van der Waals surface area contributed by atoms with Crippen LogP contribution in [0.3, 0.4) is 0 Å². The summed E-state index contributed by atoms with van der Waals surface area (Å²) in [6.07, 6.45) is 3.67. The normalized spacial score (nSPS) is 10.8. The quantitative estimate of drug-likeness (QED) is 0.588. The molecule has 1 amide bonds. The Morgan fingerprint density at radius 3 is 2.68 bits per heavy atom. The third kappa shape index (κ3) is 3.32. The van der Waals surface area contributed by atoms with Gasteiger partial charge >= 0.3 is 0 Å². The second kappa shape index (κ2) is 7.15. The highest BCUT2D eigenvalue weighted by atomic mass is 16.1. The van der Waals surface area contributed by atoms with E-state index in [2.05, 4.69) is 15.3 Å². The Balaban J connectivity index is 1.63. The molecule has 0 saturated carbocycles. The van der Waals surface area contributed by atoms with Gasteiger partial charge in [0.1, 0.15) is 0 Å². The van der Waals surface area contributed by atoms with Crippen molar-refractivity contribution in [3.63, 3.8) is 0 Å². The van der Waals surface area contributed by atoms with Crippen LogP contribution in [0.1, 0.15) is 16.1 Å². The second-order valence-corrected chi connectivity index (χ2v) is 6.82. The van der Waals surface area contributed by atoms with Gasteiger partial charge < -0.3 is 10.2 Å². The Kier molecular flexibility index (Phi) is 4.53. The number of carbonyl (C=O) groups is 1. The molecule has 0 aliphatic heterocycles. The lowest BCUT2D eigenvalue weighted by atomic mass is 10.1. The molecule has 140 valence electrons. The zero-order valence-electron chi connectivity index (χ0n) is 16.0. The van der Waals surface area contributed by atoms with Crippen molar-refractivity contribution in [3.8, 4) is 11.3 Å². The third-order valence-corrected chi connectivity index (χ3v) is 4.66. The maximum Gasteiger partial charge on any atom is 0.255 e. The average Bonchev–Trinajstić information content (AvgIpc) is 3.05. The van der Waals surface area contributed by atoms with Crippen molar-refractivity contribution >= 4 is 23.1 Å². The minimum atomic E-state index is -0.144. The first kappa shape index (κ1) is 17.7. The van der Waals surface area contributed by atoms with Crippen LogP contribution in [-0.4, -0.2) is 34.4 Å². The Labute approximate surface area is 163 Å². The fraction of sp³-hybridized carbons (Fsp3) is 0.136. The number of hydrogen-bond acceptors (Lipinski definition) is 4. The van der Waals surface area contributed by atoms with E-state index in [-0.39, 0.29) is 5.91 Å². The molecule has 2 heterocycles. The summed E-state index contributed by atoms with van der Waals surface area (Å²) in [6, 6.07) is 17.1. The van der Waals surface area contributed by atoms with E-state index < -0.39 is 0 Å². The summed E-state index contributed by atoms with van der Waals surface area (Å²) >= 11 is 0. The zero-order chi connectivity index (χ0) is 19.7. The number of carbonyl (C=O) groups excluding carboxylic acids is 1. The number of imidazole rings is 1. The van der Waals surface area contributed by atoms with E-state index in [1.807, 2.05) is 91.1 Å². The highest BCUT2D eigenvalue weighted by Gasteiger charge is 2.12. The molecule has 6 heteroatoms. The Bertz CT molecular complexity index is 1160. The van der Waals surface area contributed by atoms with Crippen molar-refractivity contribution in [1.82, 2.24) is 14.4 Å². The number of nitrogens with one attached hydrogen (secondary N) is 1. The van der Waals surface area contributed by atoms with Gasteiger partial charge in [-0.2, -0.15) is 0 Å². The fourth-order valence-corrected chi connectivity index (χ4v) is 3.15. The average molecular weight is 371 g/mol. The largest absolute Gasteiger partial charge is 0.378 e. The number of anilines is 2. The summed E-state index contributed by atoms with van der Waals surface area (Å²) in [4.78, 5) is 23.6. The molecule has 0 radical (unpaired) electrons. The minimum absolute atomic E-state index is 0.144. The predicted octanol–water partition coefficient (Wildman–Crippen LogP) is 4.02. The maximum absolute atomic E-state index is 12.7. The van der Waals surface area contributed by atoms with Gasteiger partial charge in [0.15, 0.2) is 0 Å². The van der Waals surface area contributed by atoms with Crippen molar-refractivity contribution in [2.45, 2.75) is 6.92 Å².